The molecule has 34 heavy (non-hydrogen) atoms. The molecule has 0 unspecified atom stereocenters. The van der Waals surface area contributed by atoms with E-state index in [1.807, 2.05) is 78.9 Å². The molecule has 0 aromatic heterocycles. The van der Waals surface area contributed by atoms with Gasteiger partial charge in [0.05, 0.1) is 17.3 Å². The van der Waals surface area contributed by atoms with Crippen LogP contribution in [0.2, 0.25) is 0 Å². The third-order valence-electron chi connectivity index (χ3n) is 5.39. The fourth-order valence-electron chi connectivity index (χ4n) is 3.89. The number of hydrogen-bond donors (Lipinski definition) is 0. The normalized spacial score (nSPS) is 12.3. The first kappa shape index (κ1) is 25.6. The Hall–Kier alpha value is -3.06. The maximum atomic E-state index is 13.1. The van der Waals surface area contributed by atoms with Gasteiger partial charge in [-0.25, -0.2) is 9.69 Å². The summed E-state index contributed by atoms with van der Waals surface area (Å²) in [6, 6.07) is 24.3. The van der Waals surface area contributed by atoms with Crippen LogP contribution in [0.15, 0.2) is 84.4 Å². The van der Waals surface area contributed by atoms with E-state index in [4.69, 9.17) is 9.47 Å². The van der Waals surface area contributed by atoms with Crippen molar-refractivity contribution in [1.29, 1.82) is 0 Å². The molecular formula is C27H24NNaO5. The van der Waals surface area contributed by atoms with E-state index < -0.39 is 18.7 Å². The third kappa shape index (κ3) is 6.50. The van der Waals surface area contributed by atoms with Crippen LogP contribution in [-0.2, 0) is 16.0 Å². The second-order valence-electron chi connectivity index (χ2n) is 7.70. The summed E-state index contributed by atoms with van der Waals surface area (Å²) in [5.74, 6) is -0.712. The summed E-state index contributed by atoms with van der Waals surface area (Å²) in [6.45, 7) is -0.321. The zero-order valence-corrected chi connectivity index (χ0v) is 21.1. The van der Waals surface area contributed by atoms with Gasteiger partial charge in [0.2, 0.25) is 0 Å². The predicted molar refractivity (Wildman–Crippen MR) is 124 cm³/mol. The quantitative estimate of drug-likeness (QED) is 0.495. The van der Waals surface area contributed by atoms with Gasteiger partial charge in [0.25, 0.3) is 0 Å². The SMILES string of the molecule is O=C([O-])COc1cccc2c1CCCC(COC(=O)N(c1ccccc1)c1ccccc1)=C2.[Na+]. The molecule has 1 aliphatic rings. The number of amides is 1. The topological polar surface area (TPSA) is 78.9 Å². The van der Waals surface area contributed by atoms with Crippen LogP contribution in [-0.4, -0.2) is 25.3 Å². The van der Waals surface area contributed by atoms with E-state index in [0.717, 1.165) is 47.3 Å². The summed E-state index contributed by atoms with van der Waals surface area (Å²) >= 11 is 0. The monoisotopic (exact) mass is 465 g/mol. The number of aliphatic carboxylic acids is 1. The van der Waals surface area contributed by atoms with Gasteiger partial charge in [0.15, 0.2) is 0 Å². The number of anilines is 2. The van der Waals surface area contributed by atoms with Gasteiger partial charge in [-0.3, -0.25) is 0 Å². The minimum atomic E-state index is -1.26. The van der Waals surface area contributed by atoms with Crippen molar-refractivity contribution in [3.63, 3.8) is 0 Å². The molecular weight excluding hydrogens is 441 g/mol. The molecule has 0 N–H and O–H groups in total. The number of ether oxygens (including phenoxy) is 2. The van der Waals surface area contributed by atoms with Crippen LogP contribution in [0.3, 0.4) is 0 Å². The van der Waals surface area contributed by atoms with E-state index in [1.54, 1.807) is 11.0 Å². The van der Waals surface area contributed by atoms with E-state index in [0.29, 0.717) is 5.75 Å². The molecule has 6 nitrogen and oxygen atoms in total. The summed E-state index contributed by atoms with van der Waals surface area (Å²) < 4.78 is 11.1. The number of benzene rings is 3. The Labute approximate surface area is 221 Å². The van der Waals surface area contributed by atoms with Gasteiger partial charge >= 0.3 is 35.7 Å². The Balaban J connectivity index is 0.00000324. The minimum Gasteiger partial charge on any atom is -0.546 e. The largest absolute Gasteiger partial charge is 1.00 e. The van der Waals surface area contributed by atoms with E-state index in [-0.39, 0.29) is 36.2 Å². The zero-order valence-electron chi connectivity index (χ0n) is 19.1. The predicted octanol–water partition coefficient (Wildman–Crippen LogP) is 1.51. The van der Waals surface area contributed by atoms with E-state index in [2.05, 4.69) is 0 Å². The van der Waals surface area contributed by atoms with Crippen LogP contribution >= 0.6 is 0 Å². The summed E-state index contributed by atoms with van der Waals surface area (Å²) in [5.41, 5.74) is 4.33. The van der Waals surface area contributed by atoms with Gasteiger partial charge < -0.3 is 19.4 Å². The fraction of sp³-hybridized carbons (Fsp3) is 0.185. The summed E-state index contributed by atoms with van der Waals surface area (Å²) in [6.07, 6.45) is 3.88. The second-order valence-corrected chi connectivity index (χ2v) is 7.70. The molecule has 3 aromatic carbocycles. The summed E-state index contributed by atoms with van der Waals surface area (Å²) in [4.78, 5) is 25.4. The molecule has 0 spiro atoms. The Kier molecular flexibility index (Phi) is 9.33. The first-order valence-corrected chi connectivity index (χ1v) is 10.8. The van der Waals surface area contributed by atoms with Crippen molar-refractivity contribution >= 4 is 29.5 Å². The number of fused-ring (bicyclic) bond motifs is 1. The third-order valence-corrected chi connectivity index (χ3v) is 5.39. The molecule has 0 radical (unpaired) electrons. The van der Waals surface area contributed by atoms with Crippen molar-refractivity contribution in [2.45, 2.75) is 19.3 Å². The Bertz CT molecular complexity index is 1110. The first-order chi connectivity index (χ1) is 16.1. The Morgan fingerprint density at radius 2 is 1.50 bits per heavy atom. The molecule has 1 amide bonds. The van der Waals surface area contributed by atoms with E-state index in [1.165, 1.54) is 0 Å². The molecule has 0 atom stereocenters. The van der Waals surface area contributed by atoms with Gasteiger partial charge in [-0.15, -0.1) is 0 Å². The first-order valence-electron chi connectivity index (χ1n) is 10.8. The fourth-order valence-corrected chi connectivity index (χ4v) is 3.89. The Morgan fingerprint density at radius 3 is 2.12 bits per heavy atom. The Morgan fingerprint density at radius 1 is 0.853 bits per heavy atom. The van der Waals surface area contributed by atoms with Crippen LogP contribution in [0.4, 0.5) is 16.2 Å². The standard InChI is InChI=1S/C27H25NO5.Na/c29-26(30)19-32-25-16-8-10-21-17-20(9-7-15-24(21)25)18-33-27(31)28(22-11-3-1-4-12-22)23-13-5-2-6-14-23;/h1-6,8,10-14,16-17H,7,9,15,18-19H2,(H,29,30);/q;+1/p-1. The zero-order chi connectivity index (χ0) is 23.0. The van der Waals surface area contributed by atoms with Crippen LogP contribution in [0.25, 0.3) is 6.08 Å². The van der Waals surface area contributed by atoms with E-state index >= 15 is 0 Å². The molecule has 1 aliphatic carbocycles. The number of hydrogen-bond acceptors (Lipinski definition) is 5. The molecule has 0 aliphatic heterocycles. The van der Waals surface area contributed by atoms with Crippen molar-refractivity contribution in [2.75, 3.05) is 18.1 Å². The summed E-state index contributed by atoms with van der Waals surface area (Å²) in [5, 5.41) is 10.8. The van der Waals surface area contributed by atoms with Crippen LogP contribution in [0.1, 0.15) is 24.0 Å². The molecule has 0 saturated carbocycles. The number of carboxylic acids is 1. The van der Waals surface area contributed by atoms with Gasteiger partial charge in [-0.05, 0) is 60.7 Å². The van der Waals surface area contributed by atoms with Crippen LogP contribution < -0.4 is 44.3 Å². The molecule has 0 bridgehead atoms. The molecule has 3 aromatic rings. The molecule has 0 saturated heterocycles. The minimum absolute atomic E-state index is 0. The van der Waals surface area contributed by atoms with Gasteiger partial charge in [0.1, 0.15) is 19.0 Å². The van der Waals surface area contributed by atoms with Crippen molar-refractivity contribution < 1.29 is 53.7 Å². The maximum absolute atomic E-state index is 13.1. The van der Waals surface area contributed by atoms with E-state index in [9.17, 15) is 14.7 Å². The molecule has 0 heterocycles. The van der Waals surface area contributed by atoms with Gasteiger partial charge in [0, 0.05) is 5.56 Å². The smallest absolute Gasteiger partial charge is 0.546 e. The summed E-state index contributed by atoms with van der Waals surface area (Å²) in [7, 11) is 0. The number of para-hydroxylation sites is 2. The number of carbonyl (C=O) groups excluding carboxylic acids is 2. The average molecular weight is 465 g/mol. The van der Waals surface area contributed by atoms with Gasteiger partial charge in [-0.2, -0.15) is 0 Å². The number of carboxylic acid groups (broad SMARTS) is 1. The number of carbonyl (C=O) groups is 2. The van der Waals surface area contributed by atoms with Crippen molar-refractivity contribution in [1.82, 2.24) is 0 Å². The van der Waals surface area contributed by atoms with Gasteiger partial charge in [-0.1, -0.05) is 54.6 Å². The average Bonchev–Trinajstić information content (AvgIpc) is 3.05. The maximum Gasteiger partial charge on any atom is 1.00 e. The molecule has 168 valence electrons. The molecule has 0 fully saturated rings. The number of nitrogens with zero attached hydrogens (tertiary/aromatic N) is 1. The molecule has 4 rings (SSSR count). The number of rotatable bonds is 7. The van der Waals surface area contributed by atoms with Crippen LogP contribution in [0.5, 0.6) is 5.75 Å². The van der Waals surface area contributed by atoms with Crippen molar-refractivity contribution in [3.05, 3.63) is 95.6 Å². The van der Waals surface area contributed by atoms with Crippen molar-refractivity contribution in [2.24, 2.45) is 0 Å². The second kappa shape index (κ2) is 12.4. The molecule has 7 heteroatoms. The van der Waals surface area contributed by atoms with Crippen LogP contribution in [0, 0.1) is 0 Å². The van der Waals surface area contributed by atoms with Crippen molar-refractivity contribution in [3.8, 4) is 5.75 Å².